The van der Waals surface area contributed by atoms with Gasteiger partial charge in [-0.2, -0.15) is 0 Å². The monoisotopic (exact) mass is 440 g/mol. The number of nitrogens with zero attached hydrogens (tertiary/aromatic N) is 1. The third kappa shape index (κ3) is 5.09. The van der Waals surface area contributed by atoms with Crippen LogP contribution in [0.15, 0.2) is 77.1 Å². The minimum Gasteiger partial charge on any atom is -0.493 e. The number of halogens is 1. The van der Waals surface area contributed by atoms with E-state index in [1.165, 1.54) is 0 Å². The number of hydrogen-bond donors (Lipinski definition) is 1. The molecule has 0 aliphatic rings. The Bertz CT molecular complexity index is 1130. The van der Waals surface area contributed by atoms with Crippen molar-refractivity contribution in [2.75, 3.05) is 17.7 Å². The summed E-state index contributed by atoms with van der Waals surface area (Å²) >= 11 is 9.37. The second kappa shape index (κ2) is 9.31. The third-order valence-electron chi connectivity index (χ3n) is 4.07. The van der Waals surface area contributed by atoms with E-state index in [2.05, 4.69) is 10.3 Å². The van der Waals surface area contributed by atoms with Crippen LogP contribution in [-0.4, -0.2) is 23.3 Å². The highest BCUT2D eigenvalue weighted by Crippen LogP contribution is 2.31. The van der Waals surface area contributed by atoms with Crippen LogP contribution in [-0.2, 0) is 0 Å². The number of thiazole rings is 1. The standard InChI is InChI=1S/C22H17ClN2O2S2/c23-18-9-5-4-8-17(18)21(26)24-15-10-11-19-20(14-15)29-22(25-19)28-13-12-27-16-6-2-1-3-7-16/h1-11,14H,12-13H2,(H,24,26). The van der Waals surface area contributed by atoms with Crippen molar-refractivity contribution in [1.29, 1.82) is 0 Å². The zero-order valence-corrected chi connectivity index (χ0v) is 17.7. The van der Waals surface area contributed by atoms with E-state index < -0.39 is 0 Å². The number of ether oxygens (including phenoxy) is 1. The largest absolute Gasteiger partial charge is 0.493 e. The molecular weight excluding hydrogens is 424 g/mol. The predicted octanol–water partition coefficient (Wildman–Crippen LogP) is 6.37. The molecule has 0 aliphatic carbocycles. The highest BCUT2D eigenvalue weighted by molar-refractivity contribution is 8.01. The van der Waals surface area contributed by atoms with Gasteiger partial charge < -0.3 is 10.1 Å². The number of rotatable bonds is 7. The molecule has 146 valence electrons. The Morgan fingerprint density at radius 2 is 1.86 bits per heavy atom. The number of aromatic nitrogens is 1. The lowest BCUT2D eigenvalue weighted by Gasteiger charge is -2.06. The summed E-state index contributed by atoms with van der Waals surface area (Å²) in [6.45, 7) is 0.615. The Morgan fingerprint density at radius 1 is 1.07 bits per heavy atom. The first kappa shape index (κ1) is 19.8. The number of fused-ring (bicyclic) bond motifs is 1. The Balaban J connectivity index is 1.37. The van der Waals surface area contributed by atoms with E-state index in [1.54, 1.807) is 47.4 Å². The van der Waals surface area contributed by atoms with Crippen LogP contribution in [0.2, 0.25) is 5.02 Å². The molecule has 4 aromatic rings. The van der Waals surface area contributed by atoms with E-state index in [0.717, 1.165) is 31.7 Å². The zero-order valence-electron chi connectivity index (χ0n) is 15.3. The van der Waals surface area contributed by atoms with Crippen LogP contribution in [0.1, 0.15) is 10.4 Å². The third-order valence-corrected chi connectivity index (χ3v) is 6.52. The van der Waals surface area contributed by atoms with Gasteiger partial charge in [0.25, 0.3) is 5.91 Å². The summed E-state index contributed by atoms with van der Waals surface area (Å²) in [5.41, 5.74) is 2.08. The quantitative estimate of drug-likeness (QED) is 0.268. The lowest BCUT2D eigenvalue weighted by atomic mass is 10.2. The van der Waals surface area contributed by atoms with Gasteiger partial charge in [-0.3, -0.25) is 4.79 Å². The number of para-hydroxylation sites is 1. The predicted molar refractivity (Wildman–Crippen MR) is 122 cm³/mol. The fourth-order valence-corrected chi connectivity index (χ4v) is 4.91. The van der Waals surface area contributed by atoms with Gasteiger partial charge in [0.2, 0.25) is 0 Å². The molecule has 0 saturated carbocycles. The van der Waals surface area contributed by atoms with Crippen molar-refractivity contribution < 1.29 is 9.53 Å². The van der Waals surface area contributed by atoms with E-state index in [0.29, 0.717) is 17.2 Å². The van der Waals surface area contributed by atoms with Gasteiger partial charge in [0, 0.05) is 11.4 Å². The molecule has 29 heavy (non-hydrogen) atoms. The van der Waals surface area contributed by atoms with Gasteiger partial charge in [0.05, 0.1) is 27.4 Å². The maximum absolute atomic E-state index is 12.4. The number of amides is 1. The molecule has 0 saturated heterocycles. The van der Waals surface area contributed by atoms with Gasteiger partial charge >= 0.3 is 0 Å². The molecule has 0 fully saturated rings. The summed E-state index contributed by atoms with van der Waals surface area (Å²) in [5, 5.41) is 3.33. The molecule has 0 atom stereocenters. The second-order valence-corrected chi connectivity index (χ2v) is 8.89. The first-order chi connectivity index (χ1) is 14.2. The van der Waals surface area contributed by atoms with Gasteiger partial charge in [-0.25, -0.2) is 4.98 Å². The van der Waals surface area contributed by atoms with E-state index in [1.807, 2.05) is 48.5 Å². The molecule has 1 heterocycles. The fourth-order valence-electron chi connectivity index (χ4n) is 2.69. The molecule has 0 spiro atoms. The van der Waals surface area contributed by atoms with Crippen molar-refractivity contribution >= 4 is 56.5 Å². The molecule has 0 unspecified atom stereocenters. The van der Waals surface area contributed by atoms with Crippen molar-refractivity contribution in [3.63, 3.8) is 0 Å². The minimum atomic E-state index is -0.230. The minimum absolute atomic E-state index is 0.230. The van der Waals surface area contributed by atoms with E-state index in [-0.39, 0.29) is 5.91 Å². The maximum atomic E-state index is 12.4. The highest BCUT2D eigenvalue weighted by Gasteiger charge is 2.11. The molecule has 1 amide bonds. The molecule has 7 heteroatoms. The SMILES string of the molecule is O=C(Nc1ccc2nc(SCCOc3ccccc3)sc2c1)c1ccccc1Cl. The first-order valence-electron chi connectivity index (χ1n) is 8.96. The van der Waals surface area contributed by atoms with Gasteiger partial charge in [0.1, 0.15) is 5.75 Å². The maximum Gasteiger partial charge on any atom is 0.257 e. The first-order valence-corrected chi connectivity index (χ1v) is 11.1. The molecule has 3 aromatic carbocycles. The van der Waals surface area contributed by atoms with Crippen molar-refractivity contribution in [3.05, 3.63) is 83.4 Å². The van der Waals surface area contributed by atoms with E-state index in [9.17, 15) is 4.79 Å². The van der Waals surface area contributed by atoms with Crippen molar-refractivity contribution in [2.24, 2.45) is 0 Å². The average Bonchev–Trinajstić information content (AvgIpc) is 3.14. The molecular formula is C22H17ClN2O2S2. The van der Waals surface area contributed by atoms with Crippen LogP contribution in [0, 0.1) is 0 Å². The van der Waals surface area contributed by atoms with Crippen molar-refractivity contribution in [1.82, 2.24) is 4.98 Å². The van der Waals surface area contributed by atoms with Gasteiger partial charge in [-0.1, -0.05) is 53.7 Å². The lowest BCUT2D eigenvalue weighted by Crippen LogP contribution is -2.12. The van der Waals surface area contributed by atoms with Crippen LogP contribution in [0.4, 0.5) is 5.69 Å². The summed E-state index contributed by atoms with van der Waals surface area (Å²) in [6, 6.07) is 22.5. The van der Waals surface area contributed by atoms with Gasteiger partial charge in [-0.15, -0.1) is 11.3 Å². The molecule has 0 aliphatic heterocycles. The number of carbonyl (C=O) groups excluding carboxylic acids is 1. The fraction of sp³-hybridized carbons (Fsp3) is 0.0909. The molecule has 4 nitrogen and oxygen atoms in total. The molecule has 0 bridgehead atoms. The van der Waals surface area contributed by atoms with E-state index >= 15 is 0 Å². The lowest BCUT2D eigenvalue weighted by molar-refractivity contribution is 0.102. The van der Waals surface area contributed by atoms with Gasteiger partial charge in [0.15, 0.2) is 4.34 Å². The summed E-state index contributed by atoms with van der Waals surface area (Å²) in [7, 11) is 0. The average molecular weight is 441 g/mol. The number of anilines is 1. The summed E-state index contributed by atoms with van der Waals surface area (Å²) < 4.78 is 7.71. The van der Waals surface area contributed by atoms with Gasteiger partial charge in [-0.05, 0) is 42.5 Å². The Labute approximate surface area is 181 Å². The van der Waals surface area contributed by atoms with Crippen molar-refractivity contribution in [2.45, 2.75) is 4.34 Å². The van der Waals surface area contributed by atoms with Crippen LogP contribution in [0.25, 0.3) is 10.2 Å². The molecule has 1 aromatic heterocycles. The molecule has 4 rings (SSSR count). The van der Waals surface area contributed by atoms with Crippen LogP contribution in [0.3, 0.4) is 0 Å². The normalized spacial score (nSPS) is 10.8. The molecule has 0 radical (unpaired) electrons. The van der Waals surface area contributed by atoms with Crippen LogP contribution >= 0.6 is 34.7 Å². The number of benzene rings is 3. The Hall–Kier alpha value is -2.54. The summed E-state index contributed by atoms with van der Waals surface area (Å²) in [5.74, 6) is 1.45. The Kier molecular flexibility index (Phi) is 6.34. The second-order valence-electron chi connectivity index (χ2n) is 6.11. The highest BCUT2D eigenvalue weighted by atomic mass is 35.5. The van der Waals surface area contributed by atoms with E-state index in [4.69, 9.17) is 16.3 Å². The topological polar surface area (TPSA) is 51.2 Å². The summed E-state index contributed by atoms with van der Waals surface area (Å²) in [6.07, 6.45) is 0. The number of thioether (sulfide) groups is 1. The van der Waals surface area contributed by atoms with Crippen LogP contribution < -0.4 is 10.1 Å². The van der Waals surface area contributed by atoms with Crippen molar-refractivity contribution in [3.8, 4) is 5.75 Å². The number of hydrogen-bond acceptors (Lipinski definition) is 5. The number of nitrogens with one attached hydrogen (secondary N) is 1. The molecule has 1 N–H and O–H groups in total. The smallest absolute Gasteiger partial charge is 0.257 e. The zero-order chi connectivity index (χ0) is 20.1. The van der Waals surface area contributed by atoms with Crippen LogP contribution in [0.5, 0.6) is 5.75 Å². The summed E-state index contributed by atoms with van der Waals surface area (Å²) in [4.78, 5) is 17.1. The Morgan fingerprint density at radius 3 is 2.69 bits per heavy atom. The number of carbonyl (C=O) groups is 1.